The summed E-state index contributed by atoms with van der Waals surface area (Å²) in [7, 11) is 0. The Morgan fingerprint density at radius 3 is 2.73 bits per heavy atom. The minimum atomic E-state index is -0.468. The monoisotopic (exact) mass is 202 g/mol. The van der Waals surface area contributed by atoms with Gasteiger partial charge in [-0.15, -0.1) is 0 Å². The topological polar surface area (TPSA) is 94.9 Å². The molecule has 1 heterocycles. The number of aromatic nitrogens is 2. The molecular formula is C10H10N4O. The van der Waals surface area contributed by atoms with E-state index in [4.69, 9.17) is 11.5 Å². The summed E-state index contributed by atoms with van der Waals surface area (Å²) in [5, 5.41) is 0.783. The van der Waals surface area contributed by atoms with Crippen LogP contribution in [-0.2, 0) is 11.2 Å². The van der Waals surface area contributed by atoms with Gasteiger partial charge in [0.25, 0.3) is 0 Å². The number of benzene rings is 1. The summed E-state index contributed by atoms with van der Waals surface area (Å²) in [6.45, 7) is 0. The van der Waals surface area contributed by atoms with Crippen LogP contribution in [0.5, 0.6) is 0 Å². The average Bonchev–Trinajstić information content (AvgIpc) is 2.16. The minimum absolute atomic E-state index is 0.00896. The number of hydrogen-bond acceptors (Lipinski definition) is 4. The average molecular weight is 202 g/mol. The standard InChI is InChI=1S/C10H10N4O/c11-8(15)5-9-13-7-4-2-1-3-6(7)10(12)14-9/h1-4H,5H2,(H2,11,15)(H2,12,13,14). The normalized spacial score (nSPS) is 10.4. The van der Waals surface area contributed by atoms with Crippen molar-refractivity contribution in [2.75, 3.05) is 5.73 Å². The van der Waals surface area contributed by atoms with Crippen molar-refractivity contribution < 1.29 is 4.79 Å². The highest BCUT2D eigenvalue weighted by atomic mass is 16.1. The van der Waals surface area contributed by atoms with Crippen LogP contribution in [0.2, 0.25) is 0 Å². The van der Waals surface area contributed by atoms with Crippen LogP contribution in [-0.4, -0.2) is 15.9 Å². The molecule has 0 atom stereocenters. The van der Waals surface area contributed by atoms with E-state index in [1.165, 1.54) is 0 Å². The lowest BCUT2D eigenvalue weighted by Crippen LogP contribution is -2.16. The molecule has 0 saturated carbocycles. The molecule has 0 aliphatic heterocycles. The van der Waals surface area contributed by atoms with Crippen molar-refractivity contribution in [2.24, 2.45) is 5.73 Å². The van der Waals surface area contributed by atoms with Crippen molar-refractivity contribution in [3.63, 3.8) is 0 Å². The van der Waals surface area contributed by atoms with Gasteiger partial charge in [0.2, 0.25) is 5.91 Å². The van der Waals surface area contributed by atoms with Crippen molar-refractivity contribution in [1.29, 1.82) is 0 Å². The molecule has 0 radical (unpaired) electrons. The van der Waals surface area contributed by atoms with Gasteiger partial charge in [-0.2, -0.15) is 0 Å². The number of primary amides is 1. The van der Waals surface area contributed by atoms with E-state index in [1.807, 2.05) is 24.3 Å². The number of rotatable bonds is 2. The molecule has 0 bridgehead atoms. The number of fused-ring (bicyclic) bond motifs is 1. The zero-order valence-electron chi connectivity index (χ0n) is 7.97. The molecule has 1 amide bonds. The predicted octanol–water partition coefficient (Wildman–Crippen LogP) is 0.240. The molecule has 0 fully saturated rings. The van der Waals surface area contributed by atoms with Crippen molar-refractivity contribution in [3.05, 3.63) is 30.1 Å². The van der Waals surface area contributed by atoms with Crippen molar-refractivity contribution in [2.45, 2.75) is 6.42 Å². The lowest BCUT2D eigenvalue weighted by Gasteiger charge is -2.03. The van der Waals surface area contributed by atoms with Crippen LogP contribution in [0.3, 0.4) is 0 Å². The summed E-state index contributed by atoms with van der Waals surface area (Å²) in [5.41, 5.74) is 11.5. The Hall–Kier alpha value is -2.17. The van der Waals surface area contributed by atoms with E-state index in [1.54, 1.807) is 0 Å². The highest BCUT2D eigenvalue weighted by Gasteiger charge is 2.06. The van der Waals surface area contributed by atoms with Gasteiger partial charge >= 0.3 is 0 Å². The fourth-order valence-corrected chi connectivity index (χ4v) is 1.39. The summed E-state index contributed by atoms with van der Waals surface area (Å²) in [5.74, 6) is 0.264. The number of nitrogens with zero attached hydrogens (tertiary/aromatic N) is 2. The van der Waals surface area contributed by atoms with Gasteiger partial charge in [-0.25, -0.2) is 9.97 Å². The molecule has 0 saturated heterocycles. The first-order chi connectivity index (χ1) is 7.16. The van der Waals surface area contributed by atoms with Crippen LogP contribution in [0, 0.1) is 0 Å². The molecule has 2 aromatic rings. The van der Waals surface area contributed by atoms with Crippen LogP contribution in [0.4, 0.5) is 5.82 Å². The summed E-state index contributed by atoms with van der Waals surface area (Å²) in [6, 6.07) is 7.36. The number of hydrogen-bond donors (Lipinski definition) is 2. The number of para-hydroxylation sites is 1. The maximum atomic E-state index is 10.7. The van der Waals surface area contributed by atoms with E-state index in [0.29, 0.717) is 11.6 Å². The van der Waals surface area contributed by atoms with E-state index in [9.17, 15) is 4.79 Å². The first-order valence-electron chi connectivity index (χ1n) is 4.46. The van der Waals surface area contributed by atoms with Crippen molar-refractivity contribution in [3.8, 4) is 0 Å². The molecule has 5 heteroatoms. The molecule has 15 heavy (non-hydrogen) atoms. The first kappa shape index (κ1) is 9.39. The number of carbonyl (C=O) groups is 1. The lowest BCUT2D eigenvalue weighted by atomic mass is 10.2. The SMILES string of the molecule is NC(=O)Cc1nc(N)c2ccccc2n1. The van der Waals surface area contributed by atoms with Gasteiger partial charge in [0, 0.05) is 5.39 Å². The molecule has 0 aliphatic carbocycles. The molecule has 0 unspecified atom stereocenters. The first-order valence-corrected chi connectivity index (χ1v) is 4.46. The maximum absolute atomic E-state index is 10.7. The van der Waals surface area contributed by atoms with E-state index in [0.717, 1.165) is 10.9 Å². The largest absolute Gasteiger partial charge is 0.383 e. The fourth-order valence-electron chi connectivity index (χ4n) is 1.39. The van der Waals surface area contributed by atoms with Crippen LogP contribution in [0.25, 0.3) is 10.9 Å². The number of nitrogens with two attached hydrogens (primary N) is 2. The van der Waals surface area contributed by atoms with Crippen molar-refractivity contribution in [1.82, 2.24) is 9.97 Å². The van der Waals surface area contributed by atoms with Gasteiger partial charge in [-0.3, -0.25) is 4.79 Å². The molecule has 1 aromatic heterocycles. The molecule has 76 valence electrons. The molecule has 0 aliphatic rings. The summed E-state index contributed by atoms with van der Waals surface area (Å²) >= 11 is 0. The second kappa shape index (κ2) is 3.53. The van der Waals surface area contributed by atoms with Gasteiger partial charge < -0.3 is 11.5 Å². The second-order valence-corrected chi connectivity index (χ2v) is 3.19. The van der Waals surface area contributed by atoms with E-state index in [-0.39, 0.29) is 6.42 Å². The van der Waals surface area contributed by atoms with Gasteiger partial charge in [0.05, 0.1) is 11.9 Å². The zero-order chi connectivity index (χ0) is 10.8. The zero-order valence-corrected chi connectivity index (χ0v) is 7.97. The van der Waals surface area contributed by atoms with E-state index < -0.39 is 5.91 Å². The van der Waals surface area contributed by atoms with Crippen LogP contribution < -0.4 is 11.5 Å². The minimum Gasteiger partial charge on any atom is -0.383 e. The smallest absolute Gasteiger partial charge is 0.225 e. The highest BCUT2D eigenvalue weighted by Crippen LogP contribution is 2.16. The Balaban J connectivity index is 2.57. The Morgan fingerprint density at radius 2 is 2.00 bits per heavy atom. The molecule has 4 N–H and O–H groups in total. The van der Waals surface area contributed by atoms with E-state index >= 15 is 0 Å². The molecule has 0 spiro atoms. The third-order valence-corrected chi connectivity index (χ3v) is 2.01. The van der Waals surface area contributed by atoms with Crippen molar-refractivity contribution >= 4 is 22.6 Å². The Morgan fingerprint density at radius 1 is 1.27 bits per heavy atom. The fraction of sp³-hybridized carbons (Fsp3) is 0.100. The number of amides is 1. The number of carbonyl (C=O) groups excluding carboxylic acids is 1. The predicted molar refractivity (Wildman–Crippen MR) is 56.8 cm³/mol. The third kappa shape index (κ3) is 1.85. The third-order valence-electron chi connectivity index (χ3n) is 2.01. The molecule has 2 rings (SSSR count). The Labute approximate surface area is 86.1 Å². The van der Waals surface area contributed by atoms with Gasteiger partial charge in [-0.1, -0.05) is 12.1 Å². The van der Waals surface area contributed by atoms with Crippen LogP contribution in [0.1, 0.15) is 5.82 Å². The quantitative estimate of drug-likeness (QED) is 0.729. The highest BCUT2D eigenvalue weighted by molar-refractivity contribution is 5.88. The maximum Gasteiger partial charge on any atom is 0.225 e. The molecule has 5 nitrogen and oxygen atoms in total. The van der Waals surface area contributed by atoms with E-state index in [2.05, 4.69) is 9.97 Å². The number of nitrogen functional groups attached to an aromatic ring is 1. The Bertz CT molecular complexity index is 524. The summed E-state index contributed by atoms with van der Waals surface area (Å²) in [4.78, 5) is 18.9. The van der Waals surface area contributed by atoms with Crippen LogP contribution in [0.15, 0.2) is 24.3 Å². The molecule has 1 aromatic carbocycles. The summed E-state index contributed by atoms with van der Waals surface area (Å²) in [6.07, 6.45) is 0.00896. The van der Waals surface area contributed by atoms with Gasteiger partial charge in [0.15, 0.2) is 0 Å². The lowest BCUT2D eigenvalue weighted by molar-refractivity contribution is -0.117. The Kier molecular flexibility index (Phi) is 2.21. The van der Waals surface area contributed by atoms with Crippen LogP contribution >= 0.6 is 0 Å². The summed E-state index contributed by atoms with van der Waals surface area (Å²) < 4.78 is 0. The second-order valence-electron chi connectivity index (χ2n) is 3.19. The molecular weight excluding hydrogens is 192 g/mol. The van der Waals surface area contributed by atoms with Gasteiger partial charge in [-0.05, 0) is 12.1 Å². The van der Waals surface area contributed by atoms with Gasteiger partial charge in [0.1, 0.15) is 11.6 Å². The number of anilines is 1.